The minimum Gasteiger partial charge on any atom is -0.494 e. The van der Waals surface area contributed by atoms with Gasteiger partial charge in [-0.15, -0.1) is 0 Å². The summed E-state index contributed by atoms with van der Waals surface area (Å²) >= 11 is 0. The molecular formula is C18H22FNO. The Balaban J connectivity index is 1.90. The Morgan fingerprint density at radius 1 is 1.14 bits per heavy atom. The van der Waals surface area contributed by atoms with E-state index in [1.165, 1.54) is 12.7 Å². The number of aryl methyl sites for hydroxylation is 1. The maximum absolute atomic E-state index is 13.6. The van der Waals surface area contributed by atoms with Gasteiger partial charge in [-0.2, -0.15) is 0 Å². The second kappa shape index (κ2) is 7.79. The summed E-state index contributed by atoms with van der Waals surface area (Å²) in [6.07, 6.45) is 2.90. The highest BCUT2D eigenvalue weighted by atomic mass is 19.1. The summed E-state index contributed by atoms with van der Waals surface area (Å²) in [6.45, 7) is 0. The lowest BCUT2D eigenvalue weighted by Gasteiger charge is -2.16. The van der Waals surface area contributed by atoms with Gasteiger partial charge in [0.05, 0.1) is 7.11 Å². The average Bonchev–Trinajstić information content (AvgIpc) is 2.52. The van der Waals surface area contributed by atoms with E-state index in [4.69, 9.17) is 4.74 Å². The van der Waals surface area contributed by atoms with E-state index in [0.717, 1.165) is 24.8 Å². The zero-order valence-corrected chi connectivity index (χ0v) is 12.6. The normalized spacial score (nSPS) is 12.1. The molecule has 0 bridgehead atoms. The van der Waals surface area contributed by atoms with Crippen LogP contribution in [0.2, 0.25) is 0 Å². The van der Waals surface area contributed by atoms with Crippen molar-refractivity contribution in [3.05, 3.63) is 65.5 Å². The van der Waals surface area contributed by atoms with Gasteiger partial charge in [-0.25, -0.2) is 4.39 Å². The zero-order valence-electron chi connectivity index (χ0n) is 12.6. The molecule has 0 saturated carbocycles. The second-order valence-corrected chi connectivity index (χ2v) is 5.11. The minimum absolute atomic E-state index is 0.289. The highest BCUT2D eigenvalue weighted by molar-refractivity contribution is 5.29. The van der Waals surface area contributed by atoms with Crippen molar-refractivity contribution in [1.82, 2.24) is 5.32 Å². The first-order chi connectivity index (χ1) is 10.2. The molecule has 0 saturated heterocycles. The number of ether oxygens (including phenoxy) is 1. The Kier molecular flexibility index (Phi) is 5.76. The van der Waals surface area contributed by atoms with E-state index in [1.807, 2.05) is 19.2 Å². The lowest BCUT2D eigenvalue weighted by Crippen LogP contribution is -2.16. The van der Waals surface area contributed by atoms with Crippen LogP contribution in [0, 0.1) is 5.82 Å². The summed E-state index contributed by atoms with van der Waals surface area (Å²) in [5, 5.41) is 3.34. The first-order valence-corrected chi connectivity index (χ1v) is 7.29. The summed E-state index contributed by atoms with van der Waals surface area (Å²) in [7, 11) is 3.46. The van der Waals surface area contributed by atoms with E-state index in [-0.39, 0.29) is 5.82 Å². The predicted molar refractivity (Wildman–Crippen MR) is 84.1 cm³/mol. The molecular weight excluding hydrogens is 265 g/mol. The van der Waals surface area contributed by atoms with Crippen LogP contribution >= 0.6 is 0 Å². The van der Waals surface area contributed by atoms with Gasteiger partial charge in [0, 0.05) is 6.04 Å². The van der Waals surface area contributed by atoms with Crippen molar-refractivity contribution >= 4 is 0 Å². The summed E-state index contributed by atoms with van der Waals surface area (Å²) < 4.78 is 18.6. The van der Waals surface area contributed by atoms with Crippen LogP contribution in [-0.4, -0.2) is 14.2 Å². The van der Waals surface area contributed by atoms with Crippen LogP contribution in [0.1, 0.15) is 30.0 Å². The van der Waals surface area contributed by atoms with E-state index >= 15 is 0 Å². The molecule has 0 aliphatic heterocycles. The third kappa shape index (κ3) is 4.30. The average molecular weight is 287 g/mol. The molecule has 3 heteroatoms. The summed E-state index contributed by atoms with van der Waals surface area (Å²) in [4.78, 5) is 0. The van der Waals surface area contributed by atoms with Crippen molar-refractivity contribution in [2.24, 2.45) is 0 Å². The SMILES string of the molecule is CNC(CCCc1ccc(OC)c(F)c1)c1ccccc1. The van der Waals surface area contributed by atoms with Gasteiger partial charge < -0.3 is 10.1 Å². The highest BCUT2D eigenvalue weighted by Gasteiger charge is 2.09. The largest absolute Gasteiger partial charge is 0.494 e. The maximum atomic E-state index is 13.6. The third-order valence-corrected chi connectivity index (χ3v) is 3.72. The fraction of sp³-hybridized carbons (Fsp3) is 0.333. The van der Waals surface area contributed by atoms with Crippen molar-refractivity contribution in [1.29, 1.82) is 0 Å². The van der Waals surface area contributed by atoms with Crippen LogP contribution in [0.3, 0.4) is 0 Å². The molecule has 0 radical (unpaired) electrons. The lowest BCUT2D eigenvalue weighted by molar-refractivity contribution is 0.386. The third-order valence-electron chi connectivity index (χ3n) is 3.72. The van der Waals surface area contributed by atoms with Gasteiger partial charge in [0.1, 0.15) is 0 Å². The number of rotatable bonds is 7. The molecule has 2 aromatic rings. The van der Waals surface area contributed by atoms with E-state index in [0.29, 0.717) is 11.8 Å². The predicted octanol–water partition coefficient (Wildman–Crippen LogP) is 4.12. The molecule has 2 aromatic carbocycles. The Morgan fingerprint density at radius 2 is 1.90 bits per heavy atom. The van der Waals surface area contributed by atoms with Crippen molar-refractivity contribution in [3.63, 3.8) is 0 Å². The van der Waals surface area contributed by atoms with Crippen LogP contribution in [0.25, 0.3) is 0 Å². The van der Waals surface area contributed by atoms with Crippen LogP contribution in [0.15, 0.2) is 48.5 Å². The standard InChI is InChI=1S/C18H22FNO/c1-20-17(15-8-4-3-5-9-15)10-6-7-14-11-12-18(21-2)16(19)13-14/h3-5,8-9,11-13,17,20H,6-7,10H2,1-2H3. The number of halogens is 1. The van der Waals surface area contributed by atoms with E-state index < -0.39 is 0 Å². The Labute approximate surface area is 126 Å². The van der Waals surface area contributed by atoms with Crippen LogP contribution in [0.4, 0.5) is 4.39 Å². The smallest absolute Gasteiger partial charge is 0.165 e. The number of hydrogen-bond donors (Lipinski definition) is 1. The molecule has 112 valence electrons. The Hall–Kier alpha value is -1.87. The van der Waals surface area contributed by atoms with Crippen molar-refractivity contribution in [2.75, 3.05) is 14.2 Å². The molecule has 1 atom stereocenters. The molecule has 0 amide bonds. The van der Waals surface area contributed by atoms with E-state index in [9.17, 15) is 4.39 Å². The number of benzene rings is 2. The van der Waals surface area contributed by atoms with Gasteiger partial charge in [-0.1, -0.05) is 36.4 Å². The topological polar surface area (TPSA) is 21.3 Å². The zero-order chi connectivity index (χ0) is 15.1. The van der Waals surface area contributed by atoms with Crippen molar-refractivity contribution in [3.8, 4) is 5.75 Å². The fourth-order valence-electron chi connectivity index (χ4n) is 2.54. The summed E-state index contributed by atoms with van der Waals surface area (Å²) in [5.74, 6) is 0.0133. The molecule has 0 heterocycles. The maximum Gasteiger partial charge on any atom is 0.165 e. The van der Waals surface area contributed by atoms with E-state index in [1.54, 1.807) is 12.1 Å². The Morgan fingerprint density at radius 3 is 2.52 bits per heavy atom. The molecule has 21 heavy (non-hydrogen) atoms. The quantitative estimate of drug-likeness (QED) is 0.827. The molecule has 1 unspecified atom stereocenters. The lowest BCUT2D eigenvalue weighted by atomic mass is 9.99. The van der Waals surface area contributed by atoms with Crippen LogP contribution in [0.5, 0.6) is 5.75 Å². The molecule has 0 aliphatic carbocycles. The number of methoxy groups -OCH3 is 1. The molecule has 2 nitrogen and oxygen atoms in total. The number of hydrogen-bond acceptors (Lipinski definition) is 2. The van der Waals surface area contributed by atoms with Crippen LogP contribution < -0.4 is 10.1 Å². The highest BCUT2D eigenvalue weighted by Crippen LogP contribution is 2.21. The van der Waals surface area contributed by atoms with Crippen molar-refractivity contribution in [2.45, 2.75) is 25.3 Å². The molecule has 0 aliphatic rings. The first-order valence-electron chi connectivity index (χ1n) is 7.29. The molecule has 2 rings (SSSR count). The second-order valence-electron chi connectivity index (χ2n) is 5.11. The van der Waals surface area contributed by atoms with Gasteiger partial charge in [0.15, 0.2) is 11.6 Å². The van der Waals surface area contributed by atoms with Crippen LogP contribution in [-0.2, 0) is 6.42 Å². The Bertz CT molecular complexity index is 556. The minimum atomic E-state index is -0.289. The molecule has 0 spiro atoms. The van der Waals surface area contributed by atoms with Gasteiger partial charge in [-0.3, -0.25) is 0 Å². The fourth-order valence-corrected chi connectivity index (χ4v) is 2.54. The molecule has 1 N–H and O–H groups in total. The summed E-state index contributed by atoms with van der Waals surface area (Å²) in [5.41, 5.74) is 2.30. The monoisotopic (exact) mass is 287 g/mol. The first kappa shape index (κ1) is 15.5. The van der Waals surface area contributed by atoms with Gasteiger partial charge in [-0.05, 0) is 49.6 Å². The molecule has 0 fully saturated rings. The van der Waals surface area contributed by atoms with Gasteiger partial charge in [0.25, 0.3) is 0 Å². The van der Waals surface area contributed by atoms with Gasteiger partial charge >= 0.3 is 0 Å². The van der Waals surface area contributed by atoms with Gasteiger partial charge in [0.2, 0.25) is 0 Å². The molecule has 0 aromatic heterocycles. The summed E-state index contributed by atoms with van der Waals surface area (Å²) in [6, 6.07) is 15.9. The number of nitrogens with one attached hydrogen (secondary N) is 1. The van der Waals surface area contributed by atoms with E-state index in [2.05, 4.69) is 29.6 Å². The van der Waals surface area contributed by atoms with Crippen molar-refractivity contribution < 1.29 is 9.13 Å².